The zero-order valence-corrected chi connectivity index (χ0v) is 17.0. The van der Waals surface area contributed by atoms with Crippen molar-refractivity contribution >= 4 is 0 Å². The Hall–Kier alpha value is -2.52. The molecular formula is C21H24F3NO5. The van der Waals surface area contributed by atoms with Crippen molar-refractivity contribution in [1.82, 2.24) is 4.57 Å². The monoisotopic (exact) mass is 427 g/mol. The van der Waals surface area contributed by atoms with Crippen LogP contribution in [0, 0.1) is 6.92 Å². The Labute approximate surface area is 172 Å². The molecule has 0 fully saturated rings. The molecule has 6 nitrogen and oxygen atoms in total. The van der Waals surface area contributed by atoms with Gasteiger partial charge in [-0.2, -0.15) is 13.2 Å². The number of pyridine rings is 1. The van der Waals surface area contributed by atoms with E-state index in [9.17, 15) is 18.0 Å². The van der Waals surface area contributed by atoms with Crippen molar-refractivity contribution in [3.63, 3.8) is 0 Å². The van der Waals surface area contributed by atoms with E-state index in [1.54, 1.807) is 33.3 Å². The van der Waals surface area contributed by atoms with Crippen LogP contribution >= 0.6 is 0 Å². The van der Waals surface area contributed by atoms with Gasteiger partial charge in [0.1, 0.15) is 18.5 Å². The smallest absolute Gasteiger partial charge is 0.422 e. The van der Waals surface area contributed by atoms with Crippen LogP contribution in [0.2, 0.25) is 0 Å². The predicted molar refractivity (Wildman–Crippen MR) is 104 cm³/mol. The zero-order valence-electron chi connectivity index (χ0n) is 17.0. The summed E-state index contributed by atoms with van der Waals surface area (Å²) in [6.45, 7) is 1.46. The molecule has 9 heteroatoms. The van der Waals surface area contributed by atoms with Crippen molar-refractivity contribution in [3.8, 4) is 22.9 Å². The van der Waals surface area contributed by atoms with Crippen LogP contribution in [0.25, 0.3) is 11.3 Å². The second-order valence-electron chi connectivity index (χ2n) is 7.07. The highest BCUT2D eigenvalue weighted by atomic mass is 19.4. The topological polar surface area (TPSA) is 58.9 Å². The molecule has 2 aromatic rings. The first-order chi connectivity index (χ1) is 14.2. The van der Waals surface area contributed by atoms with Crippen LogP contribution < -0.4 is 14.9 Å². The van der Waals surface area contributed by atoms with Crippen molar-refractivity contribution in [2.24, 2.45) is 0 Å². The van der Waals surface area contributed by atoms with Crippen LogP contribution in [-0.4, -0.2) is 50.9 Å². The number of aryl methyl sites for hydroxylation is 1. The maximum atomic E-state index is 12.5. The minimum atomic E-state index is -4.40. The molecule has 1 aliphatic rings. The van der Waals surface area contributed by atoms with Gasteiger partial charge in [0.25, 0.3) is 0 Å². The molecule has 164 valence electrons. The molecule has 0 bridgehead atoms. The van der Waals surface area contributed by atoms with E-state index in [1.807, 2.05) is 4.57 Å². The Kier molecular flexibility index (Phi) is 6.72. The van der Waals surface area contributed by atoms with Gasteiger partial charge < -0.3 is 23.5 Å². The zero-order chi connectivity index (χ0) is 21.9. The quantitative estimate of drug-likeness (QED) is 0.647. The highest BCUT2D eigenvalue weighted by Crippen LogP contribution is 2.36. The number of hydrogen-bond acceptors (Lipinski definition) is 5. The van der Waals surface area contributed by atoms with E-state index in [0.717, 1.165) is 11.1 Å². The van der Waals surface area contributed by atoms with Gasteiger partial charge in [-0.3, -0.25) is 4.79 Å². The third-order valence-corrected chi connectivity index (χ3v) is 4.96. The maximum Gasteiger partial charge on any atom is 0.422 e. The first-order valence-corrected chi connectivity index (χ1v) is 9.45. The highest BCUT2D eigenvalue weighted by molar-refractivity contribution is 5.70. The number of nitrogens with zero attached hydrogens (tertiary/aromatic N) is 1. The number of benzene rings is 1. The second kappa shape index (κ2) is 9.09. The average Bonchev–Trinajstić information content (AvgIpc) is 2.71. The SMILES string of the molecule is COCC(COc1cc(=O)c(C)c2n1CCc1cc(OCC(F)(F)F)ccc1-2)OC. The van der Waals surface area contributed by atoms with Gasteiger partial charge in [-0.25, -0.2) is 0 Å². The van der Waals surface area contributed by atoms with Gasteiger partial charge >= 0.3 is 6.18 Å². The number of methoxy groups -OCH3 is 2. The molecule has 0 aliphatic carbocycles. The van der Waals surface area contributed by atoms with Gasteiger partial charge in [0.05, 0.1) is 12.3 Å². The van der Waals surface area contributed by atoms with Crippen LogP contribution in [0.4, 0.5) is 13.2 Å². The van der Waals surface area contributed by atoms with E-state index in [2.05, 4.69) is 0 Å². The molecule has 1 aromatic heterocycles. The first kappa shape index (κ1) is 22.2. The Balaban J connectivity index is 1.92. The minimum absolute atomic E-state index is 0.148. The van der Waals surface area contributed by atoms with Gasteiger partial charge in [0.15, 0.2) is 17.9 Å². The number of halogens is 3. The molecule has 0 saturated heterocycles. The molecule has 3 rings (SSSR count). The number of rotatable bonds is 8. The number of alkyl halides is 3. The van der Waals surface area contributed by atoms with Crippen molar-refractivity contribution in [2.45, 2.75) is 32.2 Å². The van der Waals surface area contributed by atoms with Crippen LogP contribution in [-0.2, 0) is 22.4 Å². The van der Waals surface area contributed by atoms with E-state index < -0.39 is 12.8 Å². The van der Waals surface area contributed by atoms with Gasteiger partial charge in [-0.1, -0.05) is 0 Å². The number of fused-ring (bicyclic) bond motifs is 3. The third-order valence-electron chi connectivity index (χ3n) is 4.96. The largest absolute Gasteiger partial charge is 0.484 e. The second-order valence-corrected chi connectivity index (χ2v) is 7.07. The molecular weight excluding hydrogens is 403 g/mol. The molecule has 1 aliphatic heterocycles. The lowest BCUT2D eigenvalue weighted by Gasteiger charge is -2.27. The molecule has 0 amide bonds. The highest BCUT2D eigenvalue weighted by Gasteiger charge is 2.29. The molecule has 0 spiro atoms. The maximum absolute atomic E-state index is 12.5. The number of aromatic nitrogens is 1. The van der Waals surface area contributed by atoms with Crippen molar-refractivity contribution < 1.29 is 32.1 Å². The summed E-state index contributed by atoms with van der Waals surface area (Å²) in [5.41, 5.74) is 2.67. The lowest BCUT2D eigenvalue weighted by atomic mass is 9.94. The summed E-state index contributed by atoms with van der Waals surface area (Å²) in [6.07, 6.45) is -4.12. The van der Waals surface area contributed by atoms with Gasteiger partial charge in [0.2, 0.25) is 0 Å². The molecule has 0 N–H and O–H groups in total. The van der Waals surface area contributed by atoms with Crippen LogP contribution in [0.3, 0.4) is 0 Å². The normalized spacial score (nSPS) is 14.1. The summed E-state index contributed by atoms with van der Waals surface area (Å²) in [6, 6.07) is 6.22. The molecule has 2 heterocycles. The fourth-order valence-corrected chi connectivity index (χ4v) is 3.46. The van der Waals surface area contributed by atoms with Crippen molar-refractivity contribution in [3.05, 3.63) is 45.6 Å². The van der Waals surface area contributed by atoms with Crippen molar-refractivity contribution in [1.29, 1.82) is 0 Å². The molecule has 0 saturated carbocycles. The summed E-state index contributed by atoms with van der Waals surface area (Å²) >= 11 is 0. The Morgan fingerprint density at radius 3 is 2.57 bits per heavy atom. The van der Waals surface area contributed by atoms with Gasteiger partial charge in [-0.05, 0) is 37.1 Å². The molecule has 1 aromatic carbocycles. The number of ether oxygens (including phenoxy) is 4. The predicted octanol–water partition coefficient (Wildman–Crippen LogP) is 3.36. The summed E-state index contributed by atoms with van der Waals surface area (Å²) in [5.74, 6) is 0.566. The Morgan fingerprint density at radius 1 is 1.13 bits per heavy atom. The first-order valence-electron chi connectivity index (χ1n) is 9.45. The van der Waals surface area contributed by atoms with Crippen molar-refractivity contribution in [2.75, 3.05) is 34.0 Å². The van der Waals surface area contributed by atoms with E-state index in [0.29, 0.717) is 36.7 Å². The van der Waals surface area contributed by atoms with Crippen LogP contribution in [0.15, 0.2) is 29.1 Å². The minimum Gasteiger partial charge on any atom is -0.484 e. The summed E-state index contributed by atoms with van der Waals surface area (Å²) in [5, 5.41) is 0. The fraction of sp³-hybridized carbons (Fsp3) is 0.476. The molecule has 1 unspecified atom stereocenters. The lowest BCUT2D eigenvalue weighted by molar-refractivity contribution is -0.153. The molecule has 1 atom stereocenters. The summed E-state index contributed by atoms with van der Waals surface area (Å²) in [7, 11) is 3.12. The average molecular weight is 427 g/mol. The molecule has 0 radical (unpaired) electrons. The molecule has 30 heavy (non-hydrogen) atoms. The van der Waals surface area contributed by atoms with E-state index in [-0.39, 0.29) is 23.9 Å². The third kappa shape index (κ3) is 4.96. The summed E-state index contributed by atoms with van der Waals surface area (Å²) in [4.78, 5) is 12.5. The Bertz CT molecular complexity index is 955. The van der Waals surface area contributed by atoms with Gasteiger partial charge in [-0.15, -0.1) is 0 Å². The van der Waals surface area contributed by atoms with E-state index >= 15 is 0 Å². The standard InChI is InChI=1S/C21H24F3NO5/c1-13-18(26)9-19(29-11-16(28-3)10-27-2)25-7-6-14-8-15(30-12-21(22,23)24)4-5-17(14)20(13)25/h4-5,8-9,16H,6-7,10-12H2,1-3H3. The van der Waals surface area contributed by atoms with E-state index in [1.165, 1.54) is 12.1 Å². The fourth-order valence-electron chi connectivity index (χ4n) is 3.46. The number of hydrogen-bond donors (Lipinski definition) is 0. The van der Waals surface area contributed by atoms with Crippen LogP contribution in [0.5, 0.6) is 11.6 Å². The van der Waals surface area contributed by atoms with E-state index in [4.69, 9.17) is 18.9 Å². The van der Waals surface area contributed by atoms with Gasteiger partial charge in [0, 0.05) is 38.0 Å². The Morgan fingerprint density at radius 2 is 1.90 bits per heavy atom. The van der Waals surface area contributed by atoms with Crippen LogP contribution in [0.1, 0.15) is 11.1 Å². The summed E-state index contributed by atoms with van der Waals surface area (Å²) < 4.78 is 60.3. The lowest BCUT2D eigenvalue weighted by Crippen LogP contribution is -2.28.